The lowest BCUT2D eigenvalue weighted by Crippen LogP contribution is -2.11. The van der Waals surface area contributed by atoms with Gasteiger partial charge in [-0.3, -0.25) is 0 Å². The van der Waals surface area contributed by atoms with Crippen molar-refractivity contribution >= 4 is 11.6 Å². The summed E-state index contributed by atoms with van der Waals surface area (Å²) in [7, 11) is 3.54. The van der Waals surface area contributed by atoms with E-state index in [0.717, 1.165) is 24.3 Å². The summed E-state index contributed by atoms with van der Waals surface area (Å²) in [5.74, 6) is 1.43. The summed E-state index contributed by atoms with van der Waals surface area (Å²) < 4.78 is 11.0. The van der Waals surface area contributed by atoms with Crippen LogP contribution in [0.15, 0.2) is 12.1 Å². The van der Waals surface area contributed by atoms with Gasteiger partial charge in [0.05, 0.1) is 13.2 Å². The Bertz CT molecular complexity index is 367. The van der Waals surface area contributed by atoms with Gasteiger partial charge in [0.25, 0.3) is 0 Å². The first-order valence-corrected chi connectivity index (χ1v) is 6.14. The topological polar surface area (TPSA) is 30.5 Å². The van der Waals surface area contributed by atoms with Crippen molar-refractivity contribution in [2.45, 2.75) is 26.4 Å². The normalized spacial score (nSPS) is 10.7. The monoisotopic (exact) mass is 257 g/mol. The van der Waals surface area contributed by atoms with E-state index in [1.165, 1.54) is 0 Å². The van der Waals surface area contributed by atoms with Crippen molar-refractivity contribution in [2.75, 3.05) is 20.7 Å². The van der Waals surface area contributed by atoms with E-state index in [4.69, 9.17) is 21.1 Å². The van der Waals surface area contributed by atoms with Crippen molar-refractivity contribution in [3.63, 3.8) is 0 Å². The minimum absolute atomic E-state index is 0.113. The summed E-state index contributed by atoms with van der Waals surface area (Å²) in [5.41, 5.74) is 1.07. The molecule has 0 aliphatic heterocycles. The van der Waals surface area contributed by atoms with Crippen LogP contribution in [0.1, 0.15) is 19.4 Å². The van der Waals surface area contributed by atoms with Gasteiger partial charge in [-0.2, -0.15) is 0 Å². The van der Waals surface area contributed by atoms with Gasteiger partial charge in [-0.05, 0) is 45.5 Å². The maximum Gasteiger partial charge on any atom is 0.162 e. The number of rotatable bonds is 6. The highest BCUT2D eigenvalue weighted by molar-refractivity contribution is 6.31. The van der Waals surface area contributed by atoms with E-state index >= 15 is 0 Å². The van der Waals surface area contributed by atoms with Gasteiger partial charge in [0.2, 0.25) is 0 Å². The summed E-state index contributed by atoms with van der Waals surface area (Å²) in [5, 5.41) is 3.82. The molecule has 0 aliphatic carbocycles. The van der Waals surface area contributed by atoms with Crippen LogP contribution in [-0.2, 0) is 6.42 Å². The van der Waals surface area contributed by atoms with Crippen molar-refractivity contribution < 1.29 is 9.47 Å². The van der Waals surface area contributed by atoms with Gasteiger partial charge in [-0.1, -0.05) is 11.6 Å². The van der Waals surface area contributed by atoms with Crippen LogP contribution in [0.4, 0.5) is 0 Å². The number of benzene rings is 1. The predicted octanol–water partition coefficient (Wildman–Crippen LogP) is 2.90. The first-order chi connectivity index (χ1) is 8.08. The Hall–Kier alpha value is -0.930. The number of hydrogen-bond donors (Lipinski definition) is 1. The second-order valence-corrected chi connectivity index (χ2v) is 4.52. The Morgan fingerprint density at radius 3 is 2.53 bits per heavy atom. The molecular formula is C13H20ClNO2. The number of hydrogen-bond acceptors (Lipinski definition) is 3. The van der Waals surface area contributed by atoms with E-state index < -0.39 is 0 Å². The molecule has 0 saturated carbocycles. The molecule has 0 atom stereocenters. The van der Waals surface area contributed by atoms with Gasteiger partial charge in [0.15, 0.2) is 11.5 Å². The molecular weight excluding hydrogens is 238 g/mol. The quantitative estimate of drug-likeness (QED) is 0.850. The smallest absolute Gasteiger partial charge is 0.162 e. The van der Waals surface area contributed by atoms with Gasteiger partial charge >= 0.3 is 0 Å². The zero-order valence-corrected chi connectivity index (χ0v) is 11.6. The van der Waals surface area contributed by atoms with E-state index in [1.54, 1.807) is 7.11 Å². The zero-order chi connectivity index (χ0) is 12.8. The number of nitrogens with one attached hydrogen (secondary N) is 1. The minimum Gasteiger partial charge on any atom is -0.493 e. The molecule has 0 amide bonds. The summed E-state index contributed by atoms with van der Waals surface area (Å²) >= 11 is 6.19. The van der Waals surface area contributed by atoms with Crippen LogP contribution in [-0.4, -0.2) is 26.8 Å². The standard InChI is InChI=1S/C13H20ClNO2/c1-9(2)17-13-7-10(5-6-15-3)11(14)8-12(13)16-4/h7-9,15H,5-6H2,1-4H3. The highest BCUT2D eigenvalue weighted by Crippen LogP contribution is 2.34. The first-order valence-electron chi connectivity index (χ1n) is 5.76. The average Bonchev–Trinajstić information content (AvgIpc) is 2.28. The van der Waals surface area contributed by atoms with E-state index in [-0.39, 0.29) is 6.10 Å². The fraction of sp³-hybridized carbons (Fsp3) is 0.538. The van der Waals surface area contributed by atoms with Gasteiger partial charge in [-0.25, -0.2) is 0 Å². The summed E-state index contributed by atoms with van der Waals surface area (Å²) in [6.07, 6.45) is 0.982. The summed E-state index contributed by atoms with van der Waals surface area (Å²) in [4.78, 5) is 0. The molecule has 0 saturated heterocycles. The van der Waals surface area contributed by atoms with Crippen LogP contribution in [0.2, 0.25) is 5.02 Å². The maximum atomic E-state index is 6.19. The lowest BCUT2D eigenvalue weighted by Gasteiger charge is -2.16. The van der Waals surface area contributed by atoms with Crippen molar-refractivity contribution in [3.8, 4) is 11.5 Å². The molecule has 0 heterocycles. The molecule has 3 nitrogen and oxygen atoms in total. The maximum absolute atomic E-state index is 6.19. The second kappa shape index (κ2) is 6.72. The van der Waals surface area contributed by atoms with Crippen LogP contribution in [0.3, 0.4) is 0 Å². The zero-order valence-electron chi connectivity index (χ0n) is 10.8. The van der Waals surface area contributed by atoms with E-state index in [9.17, 15) is 0 Å². The molecule has 1 aromatic carbocycles. The number of likely N-dealkylation sites (N-methyl/N-ethyl adjacent to an activating group) is 1. The van der Waals surface area contributed by atoms with Crippen molar-refractivity contribution in [1.29, 1.82) is 0 Å². The van der Waals surface area contributed by atoms with E-state index in [2.05, 4.69) is 5.32 Å². The molecule has 0 unspecified atom stereocenters. The minimum atomic E-state index is 0.113. The Labute approximate surface area is 108 Å². The molecule has 0 radical (unpaired) electrons. The van der Waals surface area contributed by atoms with Crippen LogP contribution in [0.25, 0.3) is 0 Å². The van der Waals surface area contributed by atoms with E-state index in [0.29, 0.717) is 10.8 Å². The van der Waals surface area contributed by atoms with E-state index in [1.807, 2.05) is 33.0 Å². The molecule has 0 fully saturated rings. The molecule has 17 heavy (non-hydrogen) atoms. The Morgan fingerprint density at radius 2 is 2.00 bits per heavy atom. The predicted molar refractivity (Wildman–Crippen MR) is 71.4 cm³/mol. The number of halogens is 1. The Balaban J connectivity index is 2.99. The van der Waals surface area contributed by atoms with Gasteiger partial charge in [-0.15, -0.1) is 0 Å². The highest BCUT2D eigenvalue weighted by Gasteiger charge is 2.11. The molecule has 4 heteroatoms. The SMILES string of the molecule is CNCCc1cc(OC(C)C)c(OC)cc1Cl. The third-order valence-corrected chi connectivity index (χ3v) is 2.69. The molecule has 96 valence electrons. The third kappa shape index (κ3) is 4.10. The van der Waals surface area contributed by atoms with Crippen LogP contribution < -0.4 is 14.8 Å². The average molecular weight is 258 g/mol. The lowest BCUT2D eigenvalue weighted by atomic mass is 10.1. The van der Waals surface area contributed by atoms with Crippen molar-refractivity contribution in [2.24, 2.45) is 0 Å². The fourth-order valence-electron chi connectivity index (χ4n) is 1.53. The number of methoxy groups -OCH3 is 1. The molecule has 0 bridgehead atoms. The molecule has 0 aliphatic rings. The molecule has 1 aromatic rings. The lowest BCUT2D eigenvalue weighted by molar-refractivity contribution is 0.230. The van der Waals surface area contributed by atoms with Crippen LogP contribution >= 0.6 is 11.6 Å². The largest absolute Gasteiger partial charge is 0.493 e. The van der Waals surface area contributed by atoms with Crippen molar-refractivity contribution in [3.05, 3.63) is 22.7 Å². The molecule has 1 N–H and O–H groups in total. The summed E-state index contributed by atoms with van der Waals surface area (Å²) in [6.45, 7) is 4.86. The molecule has 1 rings (SSSR count). The fourth-order valence-corrected chi connectivity index (χ4v) is 1.78. The van der Waals surface area contributed by atoms with Crippen molar-refractivity contribution in [1.82, 2.24) is 5.32 Å². The summed E-state index contributed by atoms with van der Waals surface area (Å²) in [6, 6.07) is 3.77. The molecule has 0 spiro atoms. The molecule has 0 aromatic heterocycles. The second-order valence-electron chi connectivity index (χ2n) is 4.11. The van der Waals surface area contributed by atoms with Gasteiger partial charge in [0.1, 0.15) is 0 Å². The third-order valence-electron chi connectivity index (χ3n) is 2.34. The Morgan fingerprint density at radius 1 is 1.29 bits per heavy atom. The van der Waals surface area contributed by atoms with Crippen LogP contribution in [0, 0.1) is 0 Å². The highest BCUT2D eigenvalue weighted by atomic mass is 35.5. The van der Waals surface area contributed by atoms with Crippen LogP contribution in [0.5, 0.6) is 11.5 Å². The number of ether oxygens (including phenoxy) is 2. The Kier molecular flexibility index (Phi) is 5.59. The first kappa shape index (κ1) is 14.1. The van der Waals surface area contributed by atoms with Gasteiger partial charge < -0.3 is 14.8 Å². The van der Waals surface area contributed by atoms with Gasteiger partial charge in [0, 0.05) is 11.1 Å².